The SMILES string of the molecule is CCCO[C-]=O.C[N+](C)(C)O. The van der Waals surface area contributed by atoms with Crippen molar-refractivity contribution in [3.05, 3.63) is 0 Å². The second-order valence-electron chi connectivity index (χ2n) is 2.87. The smallest absolute Gasteiger partial charge is 0.0979 e. The summed E-state index contributed by atoms with van der Waals surface area (Å²) in [5, 5.41) is 8.46. The molecule has 0 aliphatic heterocycles. The highest BCUT2D eigenvalue weighted by atomic mass is 16.5. The van der Waals surface area contributed by atoms with Crippen LogP contribution in [0.5, 0.6) is 0 Å². The Morgan fingerprint density at radius 2 is 1.82 bits per heavy atom. The summed E-state index contributed by atoms with van der Waals surface area (Å²) in [6, 6.07) is 0. The molecule has 0 fully saturated rings. The highest BCUT2D eigenvalue weighted by Gasteiger charge is 1.92. The summed E-state index contributed by atoms with van der Waals surface area (Å²) in [7, 11) is 5.04. The van der Waals surface area contributed by atoms with E-state index in [2.05, 4.69) is 4.74 Å². The fourth-order valence-electron chi connectivity index (χ4n) is 0.144. The van der Waals surface area contributed by atoms with Gasteiger partial charge in [0.05, 0.1) is 21.1 Å². The zero-order valence-corrected chi connectivity index (χ0v) is 7.63. The van der Waals surface area contributed by atoms with Crippen LogP contribution in [0, 0.1) is 0 Å². The van der Waals surface area contributed by atoms with Gasteiger partial charge in [-0.2, -0.15) is 4.65 Å². The summed E-state index contributed by atoms with van der Waals surface area (Å²) in [5.74, 6) is 0. The van der Waals surface area contributed by atoms with E-state index >= 15 is 0 Å². The minimum Gasteiger partial charge on any atom is -0.653 e. The molecular weight excluding hydrogens is 146 g/mol. The van der Waals surface area contributed by atoms with Gasteiger partial charge in [0.2, 0.25) is 0 Å². The highest BCUT2D eigenvalue weighted by Crippen LogP contribution is 1.72. The Morgan fingerprint density at radius 1 is 1.45 bits per heavy atom. The Labute approximate surface area is 67.9 Å². The van der Waals surface area contributed by atoms with Gasteiger partial charge < -0.3 is 9.53 Å². The molecular formula is C7H17NO3. The van der Waals surface area contributed by atoms with Gasteiger partial charge in [0.1, 0.15) is 0 Å². The predicted octanol–water partition coefficient (Wildman–Crippen LogP) is 0.562. The van der Waals surface area contributed by atoms with E-state index in [-0.39, 0.29) is 4.65 Å². The van der Waals surface area contributed by atoms with Gasteiger partial charge in [0, 0.05) is 6.61 Å². The third-order valence-electron chi connectivity index (χ3n) is 0.365. The van der Waals surface area contributed by atoms with E-state index in [0.717, 1.165) is 6.42 Å². The van der Waals surface area contributed by atoms with Crippen molar-refractivity contribution < 1.29 is 19.4 Å². The fourth-order valence-corrected chi connectivity index (χ4v) is 0.144. The quantitative estimate of drug-likeness (QED) is 0.286. The van der Waals surface area contributed by atoms with E-state index in [4.69, 9.17) is 5.21 Å². The van der Waals surface area contributed by atoms with Crippen LogP contribution in [-0.4, -0.2) is 44.1 Å². The number of ether oxygens (including phenoxy) is 1. The lowest BCUT2D eigenvalue weighted by Crippen LogP contribution is -2.28. The van der Waals surface area contributed by atoms with Gasteiger partial charge in [0.15, 0.2) is 0 Å². The molecule has 0 aromatic heterocycles. The summed E-state index contributed by atoms with van der Waals surface area (Å²) in [6.07, 6.45) is 0.870. The van der Waals surface area contributed by atoms with E-state index in [1.807, 2.05) is 6.92 Å². The lowest BCUT2D eigenvalue weighted by molar-refractivity contribution is -1.06. The summed E-state index contributed by atoms with van der Waals surface area (Å²) in [4.78, 5) is 9.22. The van der Waals surface area contributed by atoms with E-state index in [1.54, 1.807) is 21.1 Å². The number of hydroxylamine groups is 3. The minimum absolute atomic E-state index is 0. The molecule has 0 aromatic carbocycles. The van der Waals surface area contributed by atoms with E-state index in [9.17, 15) is 4.79 Å². The summed E-state index contributed by atoms with van der Waals surface area (Å²) >= 11 is 0. The molecule has 0 saturated heterocycles. The second-order valence-corrected chi connectivity index (χ2v) is 2.87. The number of hydrogen-bond donors (Lipinski definition) is 1. The van der Waals surface area contributed by atoms with E-state index in [1.165, 1.54) is 6.47 Å². The molecule has 4 heteroatoms. The molecule has 0 atom stereocenters. The third kappa shape index (κ3) is 89.8. The van der Waals surface area contributed by atoms with Gasteiger partial charge in [-0.1, -0.05) is 13.4 Å². The van der Waals surface area contributed by atoms with Crippen LogP contribution in [0.2, 0.25) is 0 Å². The topological polar surface area (TPSA) is 46.5 Å². The average molecular weight is 163 g/mol. The number of nitrogens with zero attached hydrogens (tertiary/aromatic N) is 1. The molecule has 0 amide bonds. The minimum atomic E-state index is 0. The molecule has 0 aliphatic carbocycles. The van der Waals surface area contributed by atoms with Crippen molar-refractivity contribution in [1.82, 2.24) is 0 Å². The van der Waals surface area contributed by atoms with Gasteiger partial charge >= 0.3 is 0 Å². The maximum Gasteiger partial charge on any atom is 0.0979 e. The van der Waals surface area contributed by atoms with Gasteiger partial charge in [-0.25, -0.2) is 5.21 Å². The lowest BCUT2D eigenvalue weighted by Gasteiger charge is -2.09. The first kappa shape index (κ1) is 13.0. The molecule has 0 aliphatic rings. The normalized spacial score (nSPS) is 9.55. The number of quaternary nitrogens is 1. The Kier molecular flexibility index (Phi) is 8.87. The molecule has 0 aromatic rings. The molecule has 0 spiro atoms. The zero-order valence-electron chi connectivity index (χ0n) is 7.63. The summed E-state index contributed by atoms with van der Waals surface area (Å²) < 4.78 is 4.18. The molecule has 0 radical (unpaired) electrons. The van der Waals surface area contributed by atoms with Crippen molar-refractivity contribution >= 4 is 6.47 Å². The number of rotatable bonds is 3. The molecule has 4 nitrogen and oxygen atoms in total. The standard InChI is InChI=1S/C4H7O2.C3H10NO/c1-2-3-6-4-5;1-4(2,3)5/h2-3H2,1H3;5H,1-3H3/q-1;+1. The van der Waals surface area contributed by atoms with E-state index < -0.39 is 0 Å². The Balaban J connectivity index is 0. The lowest BCUT2D eigenvalue weighted by atomic mass is 10.5. The number of hydrogen-bond acceptors (Lipinski definition) is 3. The number of carbonyl (C=O) groups excluding carboxylic acids is 1. The maximum atomic E-state index is 9.22. The molecule has 0 rings (SSSR count). The van der Waals surface area contributed by atoms with Crippen LogP contribution in [0.4, 0.5) is 0 Å². The fraction of sp³-hybridized carbons (Fsp3) is 0.857. The van der Waals surface area contributed by atoms with Crippen molar-refractivity contribution in [3.63, 3.8) is 0 Å². The first-order valence-corrected chi connectivity index (χ1v) is 3.45. The first-order valence-electron chi connectivity index (χ1n) is 3.45. The van der Waals surface area contributed by atoms with Crippen molar-refractivity contribution in [2.45, 2.75) is 13.3 Å². The van der Waals surface area contributed by atoms with Crippen molar-refractivity contribution in [2.75, 3.05) is 27.7 Å². The third-order valence-corrected chi connectivity index (χ3v) is 0.365. The van der Waals surface area contributed by atoms with Crippen LogP contribution in [-0.2, 0) is 9.53 Å². The van der Waals surface area contributed by atoms with Gasteiger partial charge in [-0.15, -0.1) is 0 Å². The molecule has 1 N–H and O–H groups in total. The monoisotopic (exact) mass is 163 g/mol. The Morgan fingerprint density at radius 3 is 1.91 bits per heavy atom. The van der Waals surface area contributed by atoms with Crippen LogP contribution in [0.1, 0.15) is 13.3 Å². The van der Waals surface area contributed by atoms with Crippen molar-refractivity contribution in [2.24, 2.45) is 0 Å². The highest BCUT2D eigenvalue weighted by molar-refractivity contribution is 5.37. The van der Waals surface area contributed by atoms with Gasteiger partial charge in [-0.3, -0.25) is 0 Å². The molecule has 0 saturated carbocycles. The van der Waals surface area contributed by atoms with Crippen LogP contribution in [0.3, 0.4) is 0 Å². The van der Waals surface area contributed by atoms with Crippen LogP contribution >= 0.6 is 0 Å². The largest absolute Gasteiger partial charge is 0.653 e. The van der Waals surface area contributed by atoms with Crippen molar-refractivity contribution in [3.8, 4) is 0 Å². The second kappa shape index (κ2) is 7.50. The Hall–Kier alpha value is -0.610. The van der Waals surface area contributed by atoms with E-state index in [0.29, 0.717) is 6.61 Å². The molecule has 68 valence electrons. The first-order chi connectivity index (χ1) is 4.91. The van der Waals surface area contributed by atoms with Gasteiger partial charge in [0.25, 0.3) is 0 Å². The van der Waals surface area contributed by atoms with Crippen molar-refractivity contribution in [1.29, 1.82) is 0 Å². The average Bonchev–Trinajstić information content (AvgIpc) is 1.79. The predicted molar refractivity (Wildman–Crippen MR) is 41.8 cm³/mol. The summed E-state index contributed by atoms with van der Waals surface area (Å²) in [5.41, 5.74) is 0. The van der Waals surface area contributed by atoms with Crippen LogP contribution in [0.15, 0.2) is 0 Å². The Bertz CT molecular complexity index is 82.2. The molecule has 0 bridgehead atoms. The molecule has 0 heterocycles. The van der Waals surface area contributed by atoms with Crippen LogP contribution in [0.25, 0.3) is 0 Å². The summed E-state index contributed by atoms with van der Waals surface area (Å²) in [6.45, 7) is 3.74. The van der Waals surface area contributed by atoms with Gasteiger partial charge in [-0.05, 0) is 6.42 Å². The maximum absolute atomic E-state index is 9.22. The molecule has 0 unspecified atom stereocenters. The molecule has 11 heavy (non-hydrogen) atoms. The van der Waals surface area contributed by atoms with Crippen LogP contribution < -0.4 is 0 Å². The zero-order chi connectivity index (χ0) is 9.33.